The van der Waals surface area contributed by atoms with Crippen LogP contribution in [0.3, 0.4) is 0 Å². The zero-order valence-electron chi connectivity index (χ0n) is 15.6. The summed E-state index contributed by atoms with van der Waals surface area (Å²) in [6.45, 7) is 4.06. The number of aryl methyl sites for hydroxylation is 1. The Hall–Kier alpha value is -2.97. The molecule has 28 heavy (non-hydrogen) atoms. The predicted molar refractivity (Wildman–Crippen MR) is 105 cm³/mol. The van der Waals surface area contributed by atoms with Crippen molar-refractivity contribution in [1.82, 2.24) is 9.46 Å². The van der Waals surface area contributed by atoms with Gasteiger partial charge < -0.3 is 9.84 Å². The zero-order valence-corrected chi connectivity index (χ0v) is 16.4. The van der Waals surface area contributed by atoms with Gasteiger partial charge in [-0.2, -0.15) is 4.31 Å². The van der Waals surface area contributed by atoms with Gasteiger partial charge in [-0.15, -0.1) is 0 Å². The molecule has 3 rings (SSSR count). The lowest BCUT2D eigenvalue weighted by Crippen LogP contribution is -2.30. The first-order valence-electron chi connectivity index (χ1n) is 8.79. The van der Waals surface area contributed by atoms with Crippen molar-refractivity contribution >= 4 is 21.7 Å². The van der Waals surface area contributed by atoms with E-state index in [0.29, 0.717) is 12.3 Å². The molecule has 1 N–H and O–H groups in total. The number of nitrogens with zero attached hydrogens (tertiary/aromatic N) is 2. The van der Waals surface area contributed by atoms with Crippen LogP contribution in [-0.4, -0.2) is 30.3 Å². The van der Waals surface area contributed by atoms with Crippen molar-refractivity contribution in [3.8, 4) is 0 Å². The lowest BCUT2D eigenvalue weighted by Gasteiger charge is -2.21. The summed E-state index contributed by atoms with van der Waals surface area (Å²) in [6, 6.07) is 16.9. The van der Waals surface area contributed by atoms with Gasteiger partial charge in [0.25, 0.3) is 5.91 Å². The molecule has 0 aliphatic heterocycles. The molecule has 0 aliphatic carbocycles. The normalized spacial score (nSPS) is 11.5. The number of anilines is 1. The molecule has 0 fully saturated rings. The van der Waals surface area contributed by atoms with E-state index >= 15 is 0 Å². The highest BCUT2D eigenvalue weighted by Crippen LogP contribution is 2.20. The van der Waals surface area contributed by atoms with Crippen molar-refractivity contribution in [3.63, 3.8) is 0 Å². The minimum atomic E-state index is -3.75. The molecule has 1 aromatic heterocycles. The van der Waals surface area contributed by atoms with Crippen molar-refractivity contribution in [2.45, 2.75) is 25.3 Å². The molecule has 0 bridgehead atoms. The van der Waals surface area contributed by atoms with Gasteiger partial charge in [0, 0.05) is 24.7 Å². The highest BCUT2D eigenvalue weighted by molar-refractivity contribution is 7.89. The van der Waals surface area contributed by atoms with Crippen molar-refractivity contribution in [1.29, 1.82) is 0 Å². The second-order valence-corrected chi connectivity index (χ2v) is 8.16. The van der Waals surface area contributed by atoms with Crippen LogP contribution in [0.2, 0.25) is 0 Å². The minimum absolute atomic E-state index is 0.0641. The van der Waals surface area contributed by atoms with Gasteiger partial charge in [-0.1, -0.05) is 48.5 Å². The Balaban J connectivity index is 1.83. The molecule has 3 aromatic rings. The molecule has 0 radical (unpaired) electrons. The molecule has 7 nitrogen and oxygen atoms in total. The molecule has 146 valence electrons. The smallest absolute Gasteiger partial charge is 0.256 e. The van der Waals surface area contributed by atoms with Gasteiger partial charge in [-0.25, -0.2) is 8.42 Å². The largest absolute Gasteiger partial charge is 0.360 e. The van der Waals surface area contributed by atoms with E-state index in [2.05, 4.69) is 10.5 Å². The van der Waals surface area contributed by atoms with Crippen molar-refractivity contribution in [2.75, 3.05) is 11.9 Å². The number of amides is 1. The average molecular weight is 399 g/mol. The Labute approximate surface area is 164 Å². The van der Waals surface area contributed by atoms with Gasteiger partial charge in [-0.3, -0.25) is 4.79 Å². The Morgan fingerprint density at radius 3 is 2.50 bits per heavy atom. The number of hydrogen-bond acceptors (Lipinski definition) is 5. The van der Waals surface area contributed by atoms with Crippen molar-refractivity contribution < 1.29 is 17.7 Å². The maximum absolute atomic E-state index is 13.1. The van der Waals surface area contributed by atoms with Gasteiger partial charge in [0.05, 0.1) is 4.90 Å². The Kier molecular flexibility index (Phi) is 5.91. The van der Waals surface area contributed by atoms with Crippen LogP contribution in [0, 0.1) is 6.92 Å². The quantitative estimate of drug-likeness (QED) is 0.657. The van der Waals surface area contributed by atoms with E-state index < -0.39 is 15.9 Å². The minimum Gasteiger partial charge on any atom is -0.360 e. The highest BCUT2D eigenvalue weighted by atomic mass is 32.2. The summed E-state index contributed by atoms with van der Waals surface area (Å²) in [5, 5.41) is 6.30. The standard InChI is InChI=1S/C20H21N3O4S/c1-3-23(14-16-8-5-4-6-9-16)28(25,26)18-11-7-10-17(13-18)20(24)21-19-12-15(2)27-22-19/h4-13H,3,14H2,1-2H3,(H,21,22,24). The van der Waals surface area contributed by atoms with Gasteiger partial charge >= 0.3 is 0 Å². The second kappa shape index (κ2) is 8.37. The van der Waals surface area contributed by atoms with Crippen LogP contribution in [0.5, 0.6) is 0 Å². The number of aromatic nitrogens is 1. The van der Waals surface area contributed by atoms with Crippen molar-refractivity contribution in [2.24, 2.45) is 0 Å². The molecule has 0 aliphatic rings. The molecule has 0 saturated carbocycles. The molecule has 0 saturated heterocycles. The van der Waals surface area contributed by atoms with E-state index in [4.69, 9.17) is 4.52 Å². The average Bonchev–Trinajstić information content (AvgIpc) is 3.11. The van der Waals surface area contributed by atoms with Crippen molar-refractivity contribution in [3.05, 3.63) is 77.6 Å². The Morgan fingerprint density at radius 1 is 1.11 bits per heavy atom. The molecule has 0 unspecified atom stereocenters. The lowest BCUT2D eigenvalue weighted by molar-refractivity contribution is 0.102. The van der Waals surface area contributed by atoms with E-state index in [-0.39, 0.29) is 22.8 Å². The zero-order chi connectivity index (χ0) is 20.1. The molecule has 2 aromatic carbocycles. The highest BCUT2D eigenvalue weighted by Gasteiger charge is 2.24. The number of carbonyl (C=O) groups is 1. The van der Waals surface area contributed by atoms with E-state index in [9.17, 15) is 13.2 Å². The third-order valence-electron chi connectivity index (χ3n) is 4.16. The second-order valence-electron chi connectivity index (χ2n) is 6.22. The predicted octanol–water partition coefficient (Wildman–Crippen LogP) is 3.45. The fourth-order valence-corrected chi connectivity index (χ4v) is 4.20. The summed E-state index contributed by atoms with van der Waals surface area (Å²) >= 11 is 0. The van der Waals surface area contributed by atoms with Crippen LogP contribution in [0.25, 0.3) is 0 Å². The van der Waals surface area contributed by atoms with E-state index in [1.165, 1.54) is 16.4 Å². The van der Waals surface area contributed by atoms with Crippen LogP contribution in [0.1, 0.15) is 28.6 Å². The Bertz CT molecular complexity index is 1060. The number of carbonyl (C=O) groups excluding carboxylic acids is 1. The fourth-order valence-electron chi connectivity index (χ4n) is 2.71. The molecule has 0 spiro atoms. The first-order chi connectivity index (χ1) is 13.4. The summed E-state index contributed by atoms with van der Waals surface area (Å²) in [5.41, 5.74) is 1.11. The lowest BCUT2D eigenvalue weighted by atomic mass is 10.2. The molecule has 1 amide bonds. The van der Waals surface area contributed by atoms with Crippen LogP contribution in [0.4, 0.5) is 5.82 Å². The summed E-state index contributed by atoms with van der Waals surface area (Å²) < 4.78 is 32.4. The summed E-state index contributed by atoms with van der Waals surface area (Å²) in [6.07, 6.45) is 0. The number of rotatable bonds is 7. The summed E-state index contributed by atoms with van der Waals surface area (Å²) in [7, 11) is -3.75. The topological polar surface area (TPSA) is 92.5 Å². The SMILES string of the molecule is CCN(Cc1ccccc1)S(=O)(=O)c1cccc(C(=O)Nc2cc(C)on2)c1. The monoisotopic (exact) mass is 399 g/mol. The van der Waals surface area contributed by atoms with Gasteiger partial charge in [0.2, 0.25) is 10.0 Å². The third kappa shape index (κ3) is 4.47. The summed E-state index contributed by atoms with van der Waals surface area (Å²) in [4.78, 5) is 12.5. The Morgan fingerprint density at radius 2 is 1.86 bits per heavy atom. The first kappa shape index (κ1) is 19.8. The van der Waals surface area contributed by atoms with Crippen LogP contribution in [-0.2, 0) is 16.6 Å². The van der Waals surface area contributed by atoms with E-state index in [1.807, 2.05) is 30.3 Å². The molecule has 0 atom stereocenters. The van der Waals surface area contributed by atoms with Crippen LogP contribution >= 0.6 is 0 Å². The number of nitrogens with one attached hydrogen (secondary N) is 1. The molecular weight excluding hydrogens is 378 g/mol. The van der Waals surface area contributed by atoms with Gasteiger partial charge in [0.15, 0.2) is 5.82 Å². The first-order valence-corrected chi connectivity index (χ1v) is 10.2. The fraction of sp³-hybridized carbons (Fsp3) is 0.200. The summed E-state index contributed by atoms with van der Waals surface area (Å²) in [5.74, 6) is 0.373. The maximum Gasteiger partial charge on any atom is 0.256 e. The number of hydrogen-bond donors (Lipinski definition) is 1. The number of sulfonamides is 1. The molecule has 1 heterocycles. The molecular formula is C20H21N3O4S. The third-order valence-corrected chi connectivity index (χ3v) is 6.07. The van der Waals surface area contributed by atoms with Gasteiger partial charge in [0.1, 0.15) is 5.76 Å². The number of benzene rings is 2. The van der Waals surface area contributed by atoms with Crippen LogP contribution in [0.15, 0.2) is 70.1 Å². The van der Waals surface area contributed by atoms with Gasteiger partial charge in [-0.05, 0) is 30.7 Å². The van der Waals surface area contributed by atoms with Crippen LogP contribution < -0.4 is 5.32 Å². The molecule has 8 heteroatoms. The maximum atomic E-state index is 13.1. The van der Waals surface area contributed by atoms with E-state index in [0.717, 1.165) is 5.56 Å². The van der Waals surface area contributed by atoms with E-state index in [1.54, 1.807) is 32.0 Å².